The van der Waals surface area contributed by atoms with Crippen molar-refractivity contribution >= 4 is 11.4 Å². The first-order valence-corrected chi connectivity index (χ1v) is 8.60. The molecule has 2 aliphatic heterocycles. The number of hydrogen-bond donors (Lipinski definition) is 2. The van der Waals surface area contributed by atoms with Gasteiger partial charge in [-0.2, -0.15) is 0 Å². The number of fused-ring (bicyclic) bond motifs is 2. The highest BCUT2D eigenvalue weighted by molar-refractivity contribution is 5.93. The van der Waals surface area contributed by atoms with Gasteiger partial charge >= 0.3 is 0 Å². The average molecular weight is 308 g/mol. The van der Waals surface area contributed by atoms with Crippen LogP contribution in [0, 0.1) is 0 Å². The smallest absolute Gasteiger partial charge is 0.125 e. The zero-order valence-electron chi connectivity index (χ0n) is 13.9. The van der Waals surface area contributed by atoms with E-state index >= 15 is 0 Å². The monoisotopic (exact) mass is 308 g/mol. The molecule has 2 aromatic rings. The summed E-state index contributed by atoms with van der Waals surface area (Å²) >= 11 is 0. The number of rotatable bonds is 1. The molecule has 2 heterocycles. The first-order valence-electron chi connectivity index (χ1n) is 8.60. The molecule has 2 aromatic carbocycles. The molecule has 0 radical (unpaired) electrons. The summed E-state index contributed by atoms with van der Waals surface area (Å²) in [7, 11) is 2.17. The minimum absolute atomic E-state index is 0.373. The third-order valence-corrected chi connectivity index (χ3v) is 5.43. The molecule has 0 amide bonds. The van der Waals surface area contributed by atoms with Gasteiger partial charge in [0.25, 0.3) is 0 Å². The SMILES string of the molecule is C[C@H]1CCc2cccc(-c3c(O)ccc4c3NCCC4)c2N1C. The van der Waals surface area contributed by atoms with Gasteiger partial charge in [0.2, 0.25) is 0 Å². The lowest BCUT2D eigenvalue weighted by molar-refractivity contribution is 0.477. The standard InChI is InChI=1S/C20H24N2O/c1-13-8-9-15-5-3-7-16(20(15)22(13)2)18-17(23)11-10-14-6-4-12-21-19(14)18/h3,5,7,10-11,13,21,23H,4,6,8-9,12H2,1-2H3/t13-/m0/s1. The van der Waals surface area contributed by atoms with Crippen molar-refractivity contribution in [2.45, 2.75) is 38.6 Å². The summed E-state index contributed by atoms with van der Waals surface area (Å²) in [5, 5.41) is 14.1. The molecule has 0 aliphatic carbocycles. The van der Waals surface area contributed by atoms with Crippen molar-refractivity contribution in [2.24, 2.45) is 0 Å². The van der Waals surface area contributed by atoms with Crippen LogP contribution >= 0.6 is 0 Å². The third kappa shape index (κ3) is 2.26. The van der Waals surface area contributed by atoms with Crippen LogP contribution in [-0.4, -0.2) is 24.7 Å². The number of nitrogens with zero attached hydrogens (tertiary/aromatic N) is 1. The van der Waals surface area contributed by atoms with E-state index in [1.165, 1.54) is 23.2 Å². The van der Waals surface area contributed by atoms with Crippen molar-refractivity contribution in [3.63, 3.8) is 0 Å². The number of para-hydroxylation sites is 1. The second-order valence-electron chi connectivity index (χ2n) is 6.84. The first-order chi connectivity index (χ1) is 11.2. The van der Waals surface area contributed by atoms with Gasteiger partial charge in [-0.25, -0.2) is 0 Å². The molecule has 3 nitrogen and oxygen atoms in total. The third-order valence-electron chi connectivity index (χ3n) is 5.43. The zero-order chi connectivity index (χ0) is 16.0. The van der Waals surface area contributed by atoms with E-state index in [0.717, 1.165) is 42.6 Å². The van der Waals surface area contributed by atoms with Crippen LogP contribution in [0.1, 0.15) is 30.9 Å². The molecule has 0 saturated carbocycles. The van der Waals surface area contributed by atoms with Crippen molar-refractivity contribution in [1.29, 1.82) is 0 Å². The molecule has 23 heavy (non-hydrogen) atoms. The summed E-state index contributed by atoms with van der Waals surface area (Å²) in [5.74, 6) is 0.373. The average Bonchev–Trinajstić information content (AvgIpc) is 2.58. The molecular formula is C20H24N2O. The molecule has 0 spiro atoms. The molecule has 0 saturated heterocycles. The van der Waals surface area contributed by atoms with E-state index in [0.29, 0.717) is 11.8 Å². The van der Waals surface area contributed by atoms with Crippen LogP contribution in [-0.2, 0) is 12.8 Å². The molecule has 1 atom stereocenters. The minimum atomic E-state index is 0.373. The van der Waals surface area contributed by atoms with Crippen LogP contribution < -0.4 is 10.2 Å². The number of aryl methyl sites for hydroxylation is 2. The zero-order valence-corrected chi connectivity index (χ0v) is 13.9. The predicted octanol–water partition coefficient (Wildman–Crippen LogP) is 4.19. The van der Waals surface area contributed by atoms with Crippen LogP contribution in [0.3, 0.4) is 0 Å². The Kier molecular flexibility index (Phi) is 3.44. The fourth-order valence-electron chi connectivity index (χ4n) is 4.00. The van der Waals surface area contributed by atoms with Crippen LogP contribution in [0.4, 0.5) is 11.4 Å². The van der Waals surface area contributed by atoms with Crippen LogP contribution in [0.25, 0.3) is 11.1 Å². The largest absolute Gasteiger partial charge is 0.507 e. The summed E-state index contributed by atoms with van der Waals surface area (Å²) in [6.45, 7) is 3.25. The summed E-state index contributed by atoms with van der Waals surface area (Å²) in [4.78, 5) is 2.37. The van der Waals surface area contributed by atoms with E-state index < -0.39 is 0 Å². The number of nitrogens with one attached hydrogen (secondary N) is 1. The maximum absolute atomic E-state index is 10.6. The maximum Gasteiger partial charge on any atom is 0.125 e. The Labute approximate surface area is 138 Å². The highest BCUT2D eigenvalue weighted by atomic mass is 16.3. The van der Waals surface area contributed by atoms with Crippen molar-refractivity contribution in [2.75, 3.05) is 23.8 Å². The van der Waals surface area contributed by atoms with Gasteiger partial charge in [-0.05, 0) is 49.8 Å². The molecular weight excluding hydrogens is 284 g/mol. The highest BCUT2D eigenvalue weighted by Gasteiger charge is 2.26. The molecule has 4 rings (SSSR count). The molecule has 3 heteroatoms. The Morgan fingerprint density at radius 3 is 2.87 bits per heavy atom. The Bertz CT molecular complexity index is 754. The van der Waals surface area contributed by atoms with E-state index in [1.54, 1.807) is 0 Å². The second-order valence-corrected chi connectivity index (χ2v) is 6.84. The fraction of sp³-hybridized carbons (Fsp3) is 0.400. The van der Waals surface area contributed by atoms with Gasteiger partial charge in [0, 0.05) is 42.1 Å². The Morgan fingerprint density at radius 2 is 2.00 bits per heavy atom. The topological polar surface area (TPSA) is 35.5 Å². The number of anilines is 2. The molecule has 0 bridgehead atoms. The van der Waals surface area contributed by atoms with Gasteiger partial charge in [0.05, 0.1) is 0 Å². The van der Waals surface area contributed by atoms with Gasteiger partial charge in [0.1, 0.15) is 5.75 Å². The quantitative estimate of drug-likeness (QED) is 0.829. The Hall–Kier alpha value is -2.16. The van der Waals surface area contributed by atoms with Crippen LogP contribution in [0.2, 0.25) is 0 Å². The number of phenols is 1. The normalized spacial score (nSPS) is 19.7. The van der Waals surface area contributed by atoms with E-state index in [-0.39, 0.29) is 0 Å². The summed E-state index contributed by atoms with van der Waals surface area (Å²) in [6, 6.07) is 10.9. The number of phenolic OH excluding ortho intramolecular Hbond substituents is 1. The predicted molar refractivity (Wildman–Crippen MR) is 96.5 cm³/mol. The molecule has 0 fully saturated rings. The molecule has 120 valence electrons. The van der Waals surface area contributed by atoms with Crippen molar-refractivity contribution in [1.82, 2.24) is 0 Å². The minimum Gasteiger partial charge on any atom is -0.507 e. The Balaban J connectivity index is 1.96. The summed E-state index contributed by atoms with van der Waals surface area (Å²) in [6.07, 6.45) is 4.53. The number of hydrogen-bond acceptors (Lipinski definition) is 3. The van der Waals surface area contributed by atoms with E-state index in [2.05, 4.69) is 48.5 Å². The van der Waals surface area contributed by atoms with Gasteiger partial charge in [-0.3, -0.25) is 0 Å². The molecule has 2 N–H and O–H groups in total. The van der Waals surface area contributed by atoms with E-state index in [9.17, 15) is 5.11 Å². The highest BCUT2D eigenvalue weighted by Crippen LogP contribution is 2.46. The fourth-order valence-corrected chi connectivity index (χ4v) is 4.00. The lowest BCUT2D eigenvalue weighted by atomic mass is 9.88. The summed E-state index contributed by atoms with van der Waals surface area (Å²) in [5.41, 5.74) is 7.22. The van der Waals surface area contributed by atoms with Crippen LogP contribution in [0.5, 0.6) is 5.75 Å². The van der Waals surface area contributed by atoms with Crippen LogP contribution in [0.15, 0.2) is 30.3 Å². The van der Waals surface area contributed by atoms with Crippen molar-refractivity contribution in [3.05, 3.63) is 41.5 Å². The first kappa shape index (κ1) is 14.4. The van der Waals surface area contributed by atoms with Crippen molar-refractivity contribution < 1.29 is 5.11 Å². The van der Waals surface area contributed by atoms with Gasteiger partial charge in [-0.15, -0.1) is 0 Å². The lowest BCUT2D eigenvalue weighted by Gasteiger charge is -2.36. The van der Waals surface area contributed by atoms with E-state index in [1.807, 2.05) is 6.07 Å². The summed E-state index contributed by atoms with van der Waals surface area (Å²) < 4.78 is 0. The lowest BCUT2D eigenvalue weighted by Crippen LogP contribution is -2.34. The van der Waals surface area contributed by atoms with Gasteiger partial charge in [0.15, 0.2) is 0 Å². The molecule has 2 aliphatic rings. The second kappa shape index (κ2) is 5.48. The maximum atomic E-state index is 10.6. The van der Waals surface area contributed by atoms with Gasteiger partial charge in [-0.1, -0.05) is 24.3 Å². The number of benzene rings is 2. The molecule has 0 unspecified atom stereocenters. The molecule has 0 aromatic heterocycles. The number of aromatic hydroxyl groups is 1. The van der Waals surface area contributed by atoms with Crippen molar-refractivity contribution in [3.8, 4) is 16.9 Å². The van der Waals surface area contributed by atoms with Gasteiger partial charge < -0.3 is 15.3 Å². The Morgan fingerprint density at radius 1 is 1.13 bits per heavy atom. The van der Waals surface area contributed by atoms with E-state index in [4.69, 9.17) is 0 Å².